The molecule has 0 aromatic rings. The third-order valence-corrected chi connectivity index (χ3v) is 3.50. The quantitative estimate of drug-likeness (QED) is 0.767. The summed E-state index contributed by atoms with van der Waals surface area (Å²) >= 11 is 0. The Morgan fingerprint density at radius 1 is 1.30 bits per heavy atom. The fourth-order valence-electron chi connectivity index (χ4n) is 3.02. The lowest BCUT2D eigenvalue weighted by molar-refractivity contribution is -0.187. The second-order valence-electron chi connectivity index (χ2n) is 6.97. The van der Waals surface area contributed by atoms with Crippen LogP contribution >= 0.6 is 0 Å². The van der Waals surface area contributed by atoms with Crippen LogP contribution in [-0.4, -0.2) is 54.2 Å². The van der Waals surface area contributed by atoms with E-state index in [9.17, 15) is 4.79 Å². The van der Waals surface area contributed by atoms with Gasteiger partial charge in [0.2, 0.25) is 5.91 Å². The van der Waals surface area contributed by atoms with Gasteiger partial charge < -0.3 is 15.8 Å². The van der Waals surface area contributed by atoms with E-state index < -0.39 is 0 Å². The molecule has 1 unspecified atom stereocenters. The Bertz CT molecular complexity index is 313. The predicted molar refractivity (Wildman–Crippen MR) is 81.6 cm³/mol. The molecule has 0 saturated carbocycles. The molecule has 20 heavy (non-hydrogen) atoms. The van der Waals surface area contributed by atoms with Crippen molar-refractivity contribution in [1.29, 1.82) is 0 Å². The van der Waals surface area contributed by atoms with Crippen molar-refractivity contribution >= 4 is 5.91 Å². The number of nitrogens with zero attached hydrogens (tertiary/aromatic N) is 1. The van der Waals surface area contributed by atoms with Gasteiger partial charge >= 0.3 is 0 Å². The van der Waals surface area contributed by atoms with Crippen molar-refractivity contribution < 1.29 is 9.53 Å². The molecule has 0 aromatic heterocycles. The normalized spacial score (nSPS) is 23.3. The zero-order chi connectivity index (χ0) is 15.4. The summed E-state index contributed by atoms with van der Waals surface area (Å²) in [6.45, 7) is 13.2. The Balaban J connectivity index is 2.66. The molecule has 1 saturated heterocycles. The SMILES string of the molecule is CCCNC(=O)CC(CN)N1CC(C)(C)OC(C)(C)C1. The van der Waals surface area contributed by atoms with Crippen LogP contribution in [0.3, 0.4) is 0 Å². The largest absolute Gasteiger partial charge is 0.367 e. The van der Waals surface area contributed by atoms with Gasteiger partial charge in [0, 0.05) is 38.6 Å². The molecule has 118 valence electrons. The molecule has 1 heterocycles. The van der Waals surface area contributed by atoms with E-state index >= 15 is 0 Å². The molecule has 5 nitrogen and oxygen atoms in total. The predicted octanol–water partition coefficient (Wildman–Crippen LogP) is 1.12. The summed E-state index contributed by atoms with van der Waals surface area (Å²) in [6, 6.07) is 0.0781. The first kappa shape index (κ1) is 17.4. The van der Waals surface area contributed by atoms with Crippen LogP contribution in [0.5, 0.6) is 0 Å². The molecule has 1 atom stereocenters. The molecule has 1 rings (SSSR count). The topological polar surface area (TPSA) is 67.6 Å². The van der Waals surface area contributed by atoms with Gasteiger partial charge in [0.05, 0.1) is 11.2 Å². The maximum absolute atomic E-state index is 11.9. The molecule has 0 radical (unpaired) electrons. The molecular formula is C15H31N3O2. The number of ether oxygens (including phenoxy) is 1. The van der Waals surface area contributed by atoms with Crippen LogP contribution in [0.1, 0.15) is 47.5 Å². The van der Waals surface area contributed by atoms with Crippen LogP contribution in [0.15, 0.2) is 0 Å². The van der Waals surface area contributed by atoms with E-state index in [0.717, 1.165) is 26.1 Å². The Morgan fingerprint density at radius 3 is 2.30 bits per heavy atom. The minimum absolute atomic E-state index is 0.0781. The number of carbonyl (C=O) groups is 1. The first-order chi connectivity index (χ1) is 9.19. The highest BCUT2D eigenvalue weighted by Gasteiger charge is 2.40. The average molecular weight is 285 g/mol. The van der Waals surface area contributed by atoms with Gasteiger partial charge in [0.25, 0.3) is 0 Å². The maximum Gasteiger partial charge on any atom is 0.221 e. The highest BCUT2D eigenvalue weighted by Crippen LogP contribution is 2.29. The van der Waals surface area contributed by atoms with E-state index in [1.165, 1.54) is 0 Å². The Labute approximate surface area is 123 Å². The lowest BCUT2D eigenvalue weighted by Gasteiger charge is -2.49. The number of morpholine rings is 1. The van der Waals surface area contributed by atoms with Gasteiger partial charge in [0.1, 0.15) is 0 Å². The van der Waals surface area contributed by atoms with Gasteiger partial charge in [-0.15, -0.1) is 0 Å². The molecule has 1 amide bonds. The van der Waals surface area contributed by atoms with Crippen LogP contribution in [0.4, 0.5) is 0 Å². The smallest absolute Gasteiger partial charge is 0.221 e. The van der Waals surface area contributed by atoms with Gasteiger partial charge in [-0.1, -0.05) is 6.92 Å². The number of carbonyl (C=O) groups excluding carboxylic acids is 1. The molecule has 1 fully saturated rings. The van der Waals surface area contributed by atoms with Gasteiger partial charge in [-0.3, -0.25) is 9.69 Å². The lowest BCUT2D eigenvalue weighted by atomic mass is 9.96. The number of hydrogen-bond acceptors (Lipinski definition) is 4. The third-order valence-electron chi connectivity index (χ3n) is 3.50. The number of nitrogens with two attached hydrogens (primary N) is 1. The second kappa shape index (κ2) is 6.87. The van der Waals surface area contributed by atoms with Crippen LogP contribution < -0.4 is 11.1 Å². The Morgan fingerprint density at radius 2 is 1.85 bits per heavy atom. The zero-order valence-corrected chi connectivity index (χ0v) is 13.7. The lowest BCUT2D eigenvalue weighted by Crippen LogP contribution is -2.61. The minimum Gasteiger partial charge on any atom is -0.367 e. The fourth-order valence-corrected chi connectivity index (χ4v) is 3.02. The standard InChI is InChI=1S/C15H31N3O2/c1-6-7-17-13(19)8-12(9-16)18-10-14(2,3)20-15(4,5)11-18/h12H,6-11,16H2,1-5H3,(H,17,19). The van der Waals surface area contributed by atoms with E-state index in [1.54, 1.807) is 0 Å². The Hall–Kier alpha value is -0.650. The number of amides is 1. The van der Waals surface area contributed by atoms with Crippen molar-refractivity contribution in [2.24, 2.45) is 5.73 Å². The molecule has 5 heteroatoms. The van der Waals surface area contributed by atoms with Crippen LogP contribution in [0.2, 0.25) is 0 Å². The summed E-state index contributed by atoms with van der Waals surface area (Å²) in [5.74, 6) is 0.0874. The Kier molecular flexibility index (Phi) is 5.98. The summed E-state index contributed by atoms with van der Waals surface area (Å²) < 4.78 is 6.07. The summed E-state index contributed by atoms with van der Waals surface area (Å²) in [6.07, 6.45) is 1.42. The van der Waals surface area contributed by atoms with Crippen LogP contribution in [0.25, 0.3) is 0 Å². The second-order valence-corrected chi connectivity index (χ2v) is 6.97. The molecule has 0 spiro atoms. The van der Waals surface area contributed by atoms with Crippen LogP contribution in [0, 0.1) is 0 Å². The minimum atomic E-state index is -0.213. The van der Waals surface area contributed by atoms with Crippen molar-refractivity contribution in [1.82, 2.24) is 10.2 Å². The highest BCUT2D eigenvalue weighted by atomic mass is 16.5. The van der Waals surface area contributed by atoms with Crippen molar-refractivity contribution in [2.75, 3.05) is 26.2 Å². The maximum atomic E-state index is 11.9. The van der Waals surface area contributed by atoms with Crippen LogP contribution in [-0.2, 0) is 9.53 Å². The van der Waals surface area contributed by atoms with Crippen molar-refractivity contribution in [3.05, 3.63) is 0 Å². The van der Waals surface area contributed by atoms with Gasteiger partial charge in [0.15, 0.2) is 0 Å². The number of hydrogen-bond donors (Lipinski definition) is 2. The molecule has 1 aliphatic rings. The summed E-state index contributed by atoms with van der Waals surface area (Å²) in [7, 11) is 0. The van der Waals surface area contributed by atoms with Gasteiger partial charge in [-0.25, -0.2) is 0 Å². The molecular weight excluding hydrogens is 254 g/mol. The molecule has 0 aromatic carbocycles. The van der Waals surface area contributed by atoms with Gasteiger partial charge in [-0.05, 0) is 34.1 Å². The van der Waals surface area contributed by atoms with Crippen molar-refractivity contribution in [2.45, 2.75) is 64.7 Å². The third kappa shape index (κ3) is 5.38. The average Bonchev–Trinajstić information content (AvgIpc) is 2.29. The van der Waals surface area contributed by atoms with Crippen molar-refractivity contribution in [3.8, 4) is 0 Å². The monoisotopic (exact) mass is 285 g/mol. The molecule has 1 aliphatic heterocycles. The van der Waals surface area contributed by atoms with E-state index in [1.807, 2.05) is 6.92 Å². The highest BCUT2D eigenvalue weighted by molar-refractivity contribution is 5.76. The molecule has 0 bridgehead atoms. The number of nitrogens with one attached hydrogen (secondary N) is 1. The van der Waals surface area contributed by atoms with E-state index in [4.69, 9.17) is 10.5 Å². The van der Waals surface area contributed by atoms with E-state index in [2.05, 4.69) is 37.9 Å². The first-order valence-electron chi connectivity index (χ1n) is 7.60. The molecule has 0 aliphatic carbocycles. The van der Waals surface area contributed by atoms with E-state index in [-0.39, 0.29) is 23.2 Å². The fraction of sp³-hybridized carbons (Fsp3) is 0.933. The zero-order valence-electron chi connectivity index (χ0n) is 13.7. The molecule has 3 N–H and O–H groups in total. The van der Waals surface area contributed by atoms with Crippen molar-refractivity contribution in [3.63, 3.8) is 0 Å². The van der Waals surface area contributed by atoms with Gasteiger partial charge in [-0.2, -0.15) is 0 Å². The summed E-state index contributed by atoms with van der Waals surface area (Å²) in [5, 5.41) is 2.93. The number of rotatable bonds is 6. The van der Waals surface area contributed by atoms with E-state index in [0.29, 0.717) is 13.0 Å². The first-order valence-corrected chi connectivity index (χ1v) is 7.60. The summed E-state index contributed by atoms with van der Waals surface area (Å²) in [4.78, 5) is 14.2. The summed E-state index contributed by atoms with van der Waals surface area (Å²) in [5.41, 5.74) is 5.47.